The highest BCUT2D eigenvalue weighted by atomic mass is 32.2. The van der Waals surface area contributed by atoms with E-state index in [1.165, 1.54) is 18.1 Å². The summed E-state index contributed by atoms with van der Waals surface area (Å²) in [6, 6.07) is 0. The van der Waals surface area contributed by atoms with E-state index in [2.05, 4.69) is 35.2 Å². The number of nitrogens with zero attached hydrogens (tertiary/aromatic N) is 5. The molecule has 0 spiro atoms. The van der Waals surface area contributed by atoms with E-state index in [0.29, 0.717) is 5.65 Å². The van der Waals surface area contributed by atoms with Crippen LogP contribution in [0.25, 0.3) is 11.2 Å². The van der Waals surface area contributed by atoms with E-state index in [1.807, 2.05) is 20.9 Å². The van der Waals surface area contributed by atoms with Gasteiger partial charge in [0.15, 0.2) is 5.65 Å². The molecule has 20 heavy (non-hydrogen) atoms. The van der Waals surface area contributed by atoms with Crippen LogP contribution in [-0.4, -0.2) is 37.0 Å². The van der Waals surface area contributed by atoms with Gasteiger partial charge in [-0.25, -0.2) is 24.9 Å². The molecular weight excluding hydrogens is 274 g/mol. The maximum Gasteiger partial charge on any atom is 0.181 e. The van der Waals surface area contributed by atoms with E-state index in [4.69, 9.17) is 0 Å². The van der Waals surface area contributed by atoms with Crippen molar-refractivity contribution in [3.63, 3.8) is 0 Å². The van der Waals surface area contributed by atoms with Crippen LogP contribution in [0, 0.1) is 13.8 Å². The van der Waals surface area contributed by atoms with Crippen molar-refractivity contribution in [1.29, 1.82) is 0 Å². The second-order valence-electron chi connectivity index (χ2n) is 4.18. The number of anilines is 1. The highest BCUT2D eigenvalue weighted by Crippen LogP contribution is 2.32. The maximum atomic E-state index is 4.48. The molecule has 0 aliphatic rings. The van der Waals surface area contributed by atoms with Gasteiger partial charge in [0.05, 0.1) is 6.33 Å². The standard InChI is InChI=1S/C12H13N7S/c1-6-9(13-3)18-7(2)19-11(6)20-12-8-10(15-4-14-8)16-5-17-12/h4-5H,1-3H3,(H,13,18,19)(H,14,15,16,17). The van der Waals surface area contributed by atoms with Crippen molar-refractivity contribution in [2.75, 3.05) is 12.4 Å². The number of hydrogen-bond acceptors (Lipinski definition) is 7. The van der Waals surface area contributed by atoms with Crippen LogP contribution in [0.3, 0.4) is 0 Å². The summed E-state index contributed by atoms with van der Waals surface area (Å²) in [5.74, 6) is 1.55. The molecular formula is C12H13N7S. The molecule has 3 rings (SSSR count). The van der Waals surface area contributed by atoms with E-state index in [9.17, 15) is 0 Å². The summed E-state index contributed by atoms with van der Waals surface area (Å²) in [6.07, 6.45) is 3.12. The van der Waals surface area contributed by atoms with Crippen LogP contribution in [0.4, 0.5) is 5.82 Å². The number of fused-ring (bicyclic) bond motifs is 1. The second-order valence-corrected chi connectivity index (χ2v) is 5.16. The van der Waals surface area contributed by atoms with Gasteiger partial charge < -0.3 is 10.3 Å². The topological polar surface area (TPSA) is 92.3 Å². The van der Waals surface area contributed by atoms with Crippen LogP contribution >= 0.6 is 11.8 Å². The third kappa shape index (κ3) is 2.18. The number of aryl methyl sites for hydroxylation is 1. The molecule has 3 heterocycles. The Bertz CT molecular complexity index is 768. The van der Waals surface area contributed by atoms with E-state index in [1.54, 1.807) is 6.33 Å². The zero-order valence-electron chi connectivity index (χ0n) is 11.3. The van der Waals surface area contributed by atoms with Crippen LogP contribution < -0.4 is 5.32 Å². The highest BCUT2D eigenvalue weighted by Gasteiger charge is 2.13. The Kier molecular flexibility index (Phi) is 3.23. The van der Waals surface area contributed by atoms with Gasteiger partial charge in [-0.15, -0.1) is 0 Å². The van der Waals surface area contributed by atoms with Crippen LogP contribution in [0.5, 0.6) is 0 Å². The van der Waals surface area contributed by atoms with Gasteiger partial charge in [-0.2, -0.15) is 0 Å². The van der Waals surface area contributed by atoms with Gasteiger partial charge in [0.1, 0.15) is 33.5 Å². The van der Waals surface area contributed by atoms with E-state index in [-0.39, 0.29) is 0 Å². The summed E-state index contributed by atoms with van der Waals surface area (Å²) in [7, 11) is 1.85. The number of imidazole rings is 1. The summed E-state index contributed by atoms with van der Waals surface area (Å²) in [6.45, 7) is 3.86. The fraction of sp³-hybridized carbons (Fsp3) is 0.250. The lowest BCUT2D eigenvalue weighted by molar-refractivity contribution is 0.937. The van der Waals surface area contributed by atoms with Crippen molar-refractivity contribution in [3.05, 3.63) is 24.0 Å². The molecule has 8 heteroatoms. The summed E-state index contributed by atoms with van der Waals surface area (Å²) in [4.78, 5) is 24.4. The largest absolute Gasteiger partial charge is 0.373 e. The van der Waals surface area contributed by atoms with E-state index >= 15 is 0 Å². The second kappa shape index (κ2) is 5.04. The molecule has 0 aliphatic carbocycles. The third-order valence-electron chi connectivity index (χ3n) is 2.83. The molecule has 7 nitrogen and oxygen atoms in total. The Labute approximate surface area is 119 Å². The number of H-pyrrole nitrogens is 1. The van der Waals surface area contributed by atoms with Gasteiger partial charge in [-0.1, -0.05) is 0 Å². The quantitative estimate of drug-likeness (QED) is 0.711. The normalized spacial score (nSPS) is 10.9. The maximum absolute atomic E-state index is 4.48. The molecule has 0 aromatic carbocycles. The smallest absolute Gasteiger partial charge is 0.181 e. The predicted octanol–water partition coefficient (Wildman–Crippen LogP) is 1.95. The highest BCUT2D eigenvalue weighted by molar-refractivity contribution is 7.99. The third-order valence-corrected chi connectivity index (χ3v) is 3.93. The van der Waals surface area contributed by atoms with Crippen molar-refractivity contribution in [2.45, 2.75) is 23.9 Å². The first-order valence-electron chi connectivity index (χ1n) is 6.04. The minimum atomic E-state index is 0.653. The number of aromatic nitrogens is 6. The summed E-state index contributed by atoms with van der Waals surface area (Å²) >= 11 is 1.48. The first-order chi connectivity index (χ1) is 9.69. The Morgan fingerprint density at radius 1 is 1.10 bits per heavy atom. The lowest BCUT2D eigenvalue weighted by Crippen LogP contribution is -2.02. The molecule has 0 amide bonds. The van der Waals surface area contributed by atoms with Crippen LogP contribution in [0.2, 0.25) is 0 Å². The van der Waals surface area contributed by atoms with Crippen molar-refractivity contribution >= 4 is 28.7 Å². The monoisotopic (exact) mass is 287 g/mol. The average Bonchev–Trinajstić information content (AvgIpc) is 2.92. The van der Waals surface area contributed by atoms with Gasteiger partial charge in [0.2, 0.25) is 0 Å². The summed E-state index contributed by atoms with van der Waals surface area (Å²) < 4.78 is 0. The fourth-order valence-electron chi connectivity index (χ4n) is 1.86. The molecule has 0 bridgehead atoms. The van der Waals surface area contributed by atoms with Gasteiger partial charge in [-0.05, 0) is 25.6 Å². The SMILES string of the molecule is CNc1nc(C)nc(Sc2ncnc3nc[nH]c23)c1C. The van der Waals surface area contributed by atoms with E-state index < -0.39 is 0 Å². The molecule has 102 valence electrons. The van der Waals surface area contributed by atoms with Crippen molar-refractivity contribution in [3.8, 4) is 0 Å². The molecule has 0 saturated heterocycles. The molecule has 3 aromatic rings. The van der Waals surface area contributed by atoms with Gasteiger partial charge in [-0.3, -0.25) is 0 Å². The fourth-order valence-corrected chi connectivity index (χ4v) is 2.82. The first-order valence-corrected chi connectivity index (χ1v) is 6.85. The van der Waals surface area contributed by atoms with Crippen LogP contribution in [0.15, 0.2) is 22.7 Å². The number of hydrogen-bond donors (Lipinski definition) is 2. The lowest BCUT2D eigenvalue weighted by atomic mass is 10.3. The lowest BCUT2D eigenvalue weighted by Gasteiger charge is -2.09. The molecule has 0 unspecified atom stereocenters. The molecule has 0 saturated carbocycles. The summed E-state index contributed by atoms with van der Waals surface area (Å²) in [5.41, 5.74) is 2.47. The first kappa shape index (κ1) is 12.8. The molecule has 0 aliphatic heterocycles. The number of nitrogens with one attached hydrogen (secondary N) is 2. The van der Waals surface area contributed by atoms with Crippen LogP contribution in [-0.2, 0) is 0 Å². The molecule has 0 radical (unpaired) electrons. The number of rotatable bonds is 3. The zero-order valence-corrected chi connectivity index (χ0v) is 12.1. The van der Waals surface area contributed by atoms with Crippen molar-refractivity contribution < 1.29 is 0 Å². The van der Waals surface area contributed by atoms with Crippen LogP contribution in [0.1, 0.15) is 11.4 Å². The minimum absolute atomic E-state index is 0.653. The molecule has 2 N–H and O–H groups in total. The Morgan fingerprint density at radius 3 is 2.75 bits per heavy atom. The van der Waals surface area contributed by atoms with Crippen molar-refractivity contribution in [2.24, 2.45) is 0 Å². The Balaban J connectivity index is 2.07. The van der Waals surface area contributed by atoms with Gasteiger partial charge in [0.25, 0.3) is 0 Å². The van der Waals surface area contributed by atoms with Gasteiger partial charge >= 0.3 is 0 Å². The molecule has 0 atom stereocenters. The van der Waals surface area contributed by atoms with Gasteiger partial charge in [0, 0.05) is 12.6 Å². The predicted molar refractivity (Wildman–Crippen MR) is 76.9 cm³/mol. The van der Waals surface area contributed by atoms with Crippen molar-refractivity contribution in [1.82, 2.24) is 29.9 Å². The molecule has 3 aromatic heterocycles. The average molecular weight is 287 g/mol. The summed E-state index contributed by atoms with van der Waals surface area (Å²) in [5, 5.41) is 4.75. The molecule has 0 fully saturated rings. The van der Waals surface area contributed by atoms with E-state index in [0.717, 1.165) is 32.8 Å². The Hall–Kier alpha value is -2.22. The Morgan fingerprint density at radius 2 is 1.95 bits per heavy atom. The number of aromatic amines is 1. The zero-order chi connectivity index (χ0) is 14.1. The minimum Gasteiger partial charge on any atom is -0.373 e.